The summed E-state index contributed by atoms with van der Waals surface area (Å²) < 4.78 is 0. The monoisotopic (exact) mass is 280 g/mol. The summed E-state index contributed by atoms with van der Waals surface area (Å²) in [4.78, 5) is 9.94. The van der Waals surface area contributed by atoms with E-state index in [2.05, 4.69) is 20.6 Å². The lowest BCUT2D eigenvalue weighted by molar-refractivity contribution is 0.183. The molecule has 6 heteroatoms. The third kappa shape index (κ3) is 3.78. The number of aliphatic hydroxyl groups is 1. The van der Waals surface area contributed by atoms with Crippen LogP contribution >= 0.6 is 11.3 Å². The van der Waals surface area contributed by atoms with Gasteiger partial charge < -0.3 is 15.7 Å². The van der Waals surface area contributed by atoms with Gasteiger partial charge in [-0.2, -0.15) is 4.98 Å². The van der Waals surface area contributed by atoms with Crippen LogP contribution in [0.2, 0.25) is 0 Å². The zero-order chi connectivity index (χ0) is 13.7. The molecule has 0 saturated heterocycles. The van der Waals surface area contributed by atoms with Gasteiger partial charge in [-0.15, -0.1) is 11.3 Å². The Hall–Kier alpha value is -1.40. The molecule has 0 spiro atoms. The Morgan fingerprint density at radius 1 is 1.37 bits per heavy atom. The lowest BCUT2D eigenvalue weighted by atomic mass is 10.2. The van der Waals surface area contributed by atoms with Crippen LogP contribution in [-0.2, 0) is 0 Å². The number of hydrogen-bond acceptors (Lipinski definition) is 6. The normalized spacial score (nSPS) is 12.6. The van der Waals surface area contributed by atoms with Crippen molar-refractivity contribution in [2.75, 3.05) is 23.7 Å². The summed E-state index contributed by atoms with van der Waals surface area (Å²) in [6.07, 6.45) is 1.47. The van der Waals surface area contributed by atoms with Crippen molar-refractivity contribution in [1.29, 1.82) is 0 Å². The van der Waals surface area contributed by atoms with Crippen LogP contribution < -0.4 is 10.6 Å². The van der Waals surface area contributed by atoms with E-state index >= 15 is 0 Å². The first-order chi connectivity index (χ1) is 9.20. The van der Waals surface area contributed by atoms with Crippen LogP contribution in [-0.4, -0.2) is 34.3 Å². The smallest absolute Gasteiger partial charge is 0.226 e. The highest BCUT2D eigenvalue weighted by Crippen LogP contribution is 2.26. The number of nitrogens with one attached hydrogen (secondary N) is 2. The maximum absolute atomic E-state index is 9.24. The quantitative estimate of drug-likeness (QED) is 0.680. The van der Waals surface area contributed by atoms with Crippen molar-refractivity contribution in [1.82, 2.24) is 9.97 Å². The van der Waals surface area contributed by atoms with Crippen LogP contribution in [0.4, 0.5) is 11.8 Å². The van der Waals surface area contributed by atoms with Crippen LogP contribution in [0.25, 0.3) is 10.2 Å². The molecule has 0 saturated carbocycles. The molecule has 0 bridgehead atoms. The first-order valence-corrected chi connectivity index (χ1v) is 7.49. The number of aliphatic hydroxyl groups excluding tert-OH is 1. The minimum absolute atomic E-state index is 0.245. The third-order valence-electron chi connectivity index (χ3n) is 2.75. The van der Waals surface area contributed by atoms with Gasteiger partial charge in [0.1, 0.15) is 10.6 Å². The summed E-state index contributed by atoms with van der Waals surface area (Å²) in [6.45, 7) is 5.44. The summed E-state index contributed by atoms with van der Waals surface area (Å²) in [5, 5.41) is 18.8. The molecule has 0 fully saturated rings. The number of rotatable bonds is 7. The predicted molar refractivity (Wildman–Crippen MR) is 81.0 cm³/mol. The van der Waals surface area contributed by atoms with Crippen molar-refractivity contribution in [3.8, 4) is 0 Å². The fourth-order valence-corrected chi connectivity index (χ4v) is 2.60. The molecular weight excluding hydrogens is 260 g/mol. The van der Waals surface area contributed by atoms with Gasteiger partial charge in [0.25, 0.3) is 0 Å². The first-order valence-electron chi connectivity index (χ1n) is 6.61. The van der Waals surface area contributed by atoms with Crippen LogP contribution in [0.1, 0.15) is 26.7 Å². The second-order valence-electron chi connectivity index (χ2n) is 4.48. The molecule has 0 aliphatic heterocycles. The van der Waals surface area contributed by atoms with Crippen LogP contribution in [0.3, 0.4) is 0 Å². The van der Waals surface area contributed by atoms with Gasteiger partial charge in [-0.1, -0.05) is 0 Å². The molecule has 0 radical (unpaired) electrons. The molecule has 2 aromatic rings. The van der Waals surface area contributed by atoms with E-state index in [0.717, 1.165) is 42.0 Å². The van der Waals surface area contributed by atoms with Crippen molar-refractivity contribution in [3.05, 3.63) is 11.4 Å². The van der Waals surface area contributed by atoms with Gasteiger partial charge in [0.05, 0.1) is 11.5 Å². The zero-order valence-corrected chi connectivity index (χ0v) is 12.1. The van der Waals surface area contributed by atoms with Gasteiger partial charge in [0, 0.05) is 13.1 Å². The molecule has 5 nitrogen and oxygen atoms in total. The Kier molecular flexibility index (Phi) is 4.93. The van der Waals surface area contributed by atoms with Crippen molar-refractivity contribution in [2.45, 2.75) is 32.8 Å². The van der Waals surface area contributed by atoms with Crippen molar-refractivity contribution in [3.63, 3.8) is 0 Å². The lowest BCUT2D eigenvalue weighted by Crippen LogP contribution is -2.09. The van der Waals surface area contributed by atoms with Gasteiger partial charge in [-0.25, -0.2) is 4.98 Å². The molecule has 19 heavy (non-hydrogen) atoms. The van der Waals surface area contributed by atoms with Crippen LogP contribution in [0.5, 0.6) is 0 Å². The van der Waals surface area contributed by atoms with E-state index in [0.29, 0.717) is 5.95 Å². The number of thiophene rings is 1. The van der Waals surface area contributed by atoms with Crippen molar-refractivity contribution in [2.24, 2.45) is 0 Å². The summed E-state index contributed by atoms with van der Waals surface area (Å²) in [5.74, 6) is 1.53. The van der Waals surface area contributed by atoms with Crippen molar-refractivity contribution >= 4 is 33.3 Å². The molecular formula is C13H20N4OS. The summed E-state index contributed by atoms with van der Waals surface area (Å²) in [7, 11) is 0. The molecule has 0 aromatic carbocycles. The molecule has 1 atom stereocenters. The molecule has 3 N–H and O–H groups in total. The highest BCUT2D eigenvalue weighted by molar-refractivity contribution is 7.16. The van der Waals surface area contributed by atoms with Gasteiger partial charge >= 0.3 is 0 Å². The summed E-state index contributed by atoms with van der Waals surface area (Å²) in [5.41, 5.74) is 0. The number of anilines is 2. The van der Waals surface area contributed by atoms with Crippen molar-refractivity contribution < 1.29 is 5.11 Å². The highest BCUT2D eigenvalue weighted by atomic mass is 32.1. The Balaban J connectivity index is 2.09. The largest absolute Gasteiger partial charge is 0.393 e. The Morgan fingerprint density at radius 2 is 2.21 bits per heavy atom. The third-order valence-corrected chi connectivity index (χ3v) is 3.56. The number of fused-ring (bicyclic) bond motifs is 1. The lowest BCUT2D eigenvalue weighted by Gasteiger charge is -2.09. The van der Waals surface area contributed by atoms with Gasteiger partial charge in [0.15, 0.2) is 0 Å². The van der Waals surface area contributed by atoms with Crippen LogP contribution in [0.15, 0.2) is 11.4 Å². The summed E-state index contributed by atoms with van der Waals surface area (Å²) >= 11 is 1.61. The average molecular weight is 280 g/mol. The van der Waals surface area contributed by atoms with E-state index in [1.165, 1.54) is 0 Å². The van der Waals surface area contributed by atoms with E-state index in [4.69, 9.17) is 0 Å². The molecule has 0 aliphatic carbocycles. The molecule has 2 aromatic heterocycles. The summed E-state index contributed by atoms with van der Waals surface area (Å²) in [6, 6.07) is 2.03. The molecule has 2 heterocycles. The Bertz CT molecular complexity index is 526. The highest BCUT2D eigenvalue weighted by Gasteiger charge is 2.08. The predicted octanol–water partition coefficient (Wildman–Crippen LogP) is 2.70. The fourth-order valence-electron chi connectivity index (χ4n) is 1.83. The molecule has 0 amide bonds. The van der Waals surface area contributed by atoms with E-state index in [-0.39, 0.29) is 6.10 Å². The number of hydrogen-bond donors (Lipinski definition) is 3. The maximum atomic E-state index is 9.24. The second kappa shape index (κ2) is 6.68. The first kappa shape index (κ1) is 14.0. The average Bonchev–Trinajstić information content (AvgIpc) is 2.83. The Labute approximate surface area is 117 Å². The fraction of sp³-hybridized carbons (Fsp3) is 0.538. The van der Waals surface area contributed by atoms with E-state index < -0.39 is 0 Å². The van der Waals surface area contributed by atoms with Gasteiger partial charge in [-0.05, 0) is 38.1 Å². The molecule has 1 unspecified atom stereocenters. The maximum Gasteiger partial charge on any atom is 0.226 e. The zero-order valence-electron chi connectivity index (χ0n) is 11.3. The van der Waals surface area contributed by atoms with E-state index in [9.17, 15) is 5.11 Å². The SMILES string of the molecule is CCNc1nc(NCCCC(C)O)c2ccsc2n1. The van der Waals surface area contributed by atoms with Gasteiger partial charge in [0.2, 0.25) is 5.95 Å². The molecule has 2 rings (SSSR count). The number of aromatic nitrogens is 2. The van der Waals surface area contributed by atoms with E-state index in [1.54, 1.807) is 11.3 Å². The molecule has 104 valence electrons. The second-order valence-corrected chi connectivity index (χ2v) is 5.38. The number of nitrogens with zero attached hydrogens (tertiary/aromatic N) is 2. The van der Waals surface area contributed by atoms with Gasteiger partial charge in [-0.3, -0.25) is 0 Å². The Morgan fingerprint density at radius 3 is 2.95 bits per heavy atom. The topological polar surface area (TPSA) is 70.1 Å². The van der Waals surface area contributed by atoms with E-state index in [1.807, 2.05) is 25.3 Å². The minimum Gasteiger partial charge on any atom is -0.393 e. The molecule has 0 aliphatic rings. The van der Waals surface area contributed by atoms with Crippen LogP contribution in [0, 0.1) is 0 Å². The standard InChI is InChI=1S/C13H20N4OS/c1-3-14-13-16-11(15-7-4-5-9(2)18)10-6-8-19-12(10)17-13/h6,8-9,18H,3-5,7H2,1-2H3,(H2,14,15,16,17). The minimum atomic E-state index is -0.245.